The first-order valence-electron chi connectivity index (χ1n) is 4.82. The minimum absolute atomic E-state index is 0.114. The van der Waals surface area contributed by atoms with E-state index in [4.69, 9.17) is 0 Å². The van der Waals surface area contributed by atoms with Crippen LogP contribution in [0.3, 0.4) is 0 Å². The summed E-state index contributed by atoms with van der Waals surface area (Å²) in [5, 5.41) is 0. The number of sulfonamides is 1. The molecule has 1 rings (SSSR count). The van der Waals surface area contributed by atoms with Crippen LogP contribution < -0.4 is 0 Å². The van der Waals surface area contributed by atoms with Crippen molar-refractivity contribution in [1.82, 2.24) is 4.31 Å². The maximum Gasteiger partial charge on any atom is 0.307 e. The van der Waals surface area contributed by atoms with Crippen molar-refractivity contribution >= 4 is 21.9 Å². The molecule has 0 atom stereocenters. The highest BCUT2D eigenvalue weighted by Gasteiger charge is 2.48. The summed E-state index contributed by atoms with van der Waals surface area (Å²) in [6.07, 6.45) is -0.114. The third-order valence-corrected chi connectivity index (χ3v) is 4.54. The average Bonchev–Trinajstić information content (AvgIpc) is 2.29. The van der Waals surface area contributed by atoms with Crippen LogP contribution in [0.15, 0.2) is 0 Å². The molecule has 0 saturated carbocycles. The van der Waals surface area contributed by atoms with Gasteiger partial charge in [-0.15, -0.1) is 0 Å². The molecule has 7 heteroatoms. The maximum absolute atomic E-state index is 11.7. The lowest BCUT2D eigenvalue weighted by Crippen LogP contribution is -2.34. The molecule has 0 spiro atoms. The number of carbonyl (C=O) groups excluding carboxylic acids is 2. The first-order chi connectivity index (χ1) is 7.20. The zero-order chi connectivity index (χ0) is 12.6. The SMILES string of the molecule is COC(=O)CCN1C(=O)C(C)(C)CS1(=O)=O. The summed E-state index contributed by atoms with van der Waals surface area (Å²) < 4.78 is 28.4. The van der Waals surface area contributed by atoms with E-state index in [1.807, 2.05) is 0 Å². The van der Waals surface area contributed by atoms with E-state index in [0.29, 0.717) is 0 Å². The third-order valence-electron chi connectivity index (χ3n) is 2.43. The van der Waals surface area contributed by atoms with Crippen LogP contribution in [-0.2, 0) is 24.3 Å². The Morgan fingerprint density at radius 1 is 1.50 bits per heavy atom. The third kappa shape index (κ3) is 2.34. The van der Waals surface area contributed by atoms with Crippen LogP contribution in [0.4, 0.5) is 0 Å². The predicted molar refractivity (Wildman–Crippen MR) is 55.9 cm³/mol. The minimum Gasteiger partial charge on any atom is -0.469 e. The molecule has 1 saturated heterocycles. The lowest BCUT2D eigenvalue weighted by Gasteiger charge is -2.16. The van der Waals surface area contributed by atoms with Gasteiger partial charge in [-0.1, -0.05) is 0 Å². The second-order valence-corrected chi connectivity index (χ2v) is 6.24. The first kappa shape index (κ1) is 13.0. The quantitative estimate of drug-likeness (QED) is 0.644. The molecule has 1 heterocycles. The van der Waals surface area contributed by atoms with Crippen molar-refractivity contribution in [2.75, 3.05) is 19.4 Å². The number of nitrogens with zero attached hydrogens (tertiary/aromatic N) is 1. The first-order valence-corrected chi connectivity index (χ1v) is 6.43. The van der Waals surface area contributed by atoms with E-state index < -0.39 is 27.3 Å². The standard InChI is InChI=1S/C9H15NO5S/c1-9(2)6-16(13,14)10(8(9)12)5-4-7(11)15-3/h4-6H2,1-3H3. The fourth-order valence-electron chi connectivity index (χ4n) is 1.60. The summed E-state index contributed by atoms with van der Waals surface area (Å²) in [4.78, 5) is 22.6. The molecule has 0 aromatic heterocycles. The molecule has 0 aromatic carbocycles. The van der Waals surface area contributed by atoms with Gasteiger partial charge in [0.25, 0.3) is 0 Å². The summed E-state index contributed by atoms with van der Waals surface area (Å²) in [5.41, 5.74) is -0.908. The van der Waals surface area contributed by atoms with Crippen molar-refractivity contribution in [2.24, 2.45) is 5.41 Å². The van der Waals surface area contributed by atoms with Crippen LogP contribution >= 0.6 is 0 Å². The van der Waals surface area contributed by atoms with E-state index >= 15 is 0 Å². The zero-order valence-electron chi connectivity index (χ0n) is 9.52. The van der Waals surface area contributed by atoms with Gasteiger partial charge in [-0.3, -0.25) is 9.59 Å². The number of ether oxygens (including phenoxy) is 1. The van der Waals surface area contributed by atoms with Gasteiger partial charge in [-0.05, 0) is 13.8 Å². The van der Waals surface area contributed by atoms with Gasteiger partial charge in [0.2, 0.25) is 15.9 Å². The Kier molecular flexibility index (Phi) is 3.27. The number of hydrogen-bond acceptors (Lipinski definition) is 5. The van der Waals surface area contributed by atoms with E-state index in [1.54, 1.807) is 13.8 Å². The molecule has 1 aliphatic rings. The lowest BCUT2D eigenvalue weighted by molar-refractivity contribution is -0.141. The Hall–Kier alpha value is -1.11. The average molecular weight is 249 g/mol. The summed E-state index contributed by atoms with van der Waals surface area (Å²) in [7, 11) is -2.36. The Balaban J connectivity index is 2.80. The van der Waals surface area contributed by atoms with Crippen LogP contribution in [0, 0.1) is 5.41 Å². The maximum atomic E-state index is 11.7. The van der Waals surface area contributed by atoms with Gasteiger partial charge in [0.1, 0.15) is 0 Å². The molecule has 1 amide bonds. The molecular formula is C9H15NO5S. The van der Waals surface area contributed by atoms with E-state index in [0.717, 1.165) is 4.31 Å². The van der Waals surface area contributed by atoms with Crippen molar-refractivity contribution in [2.45, 2.75) is 20.3 Å². The summed E-state index contributed by atoms with van der Waals surface area (Å²) in [6, 6.07) is 0. The van der Waals surface area contributed by atoms with Gasteiger partial charge >= 0.3 is 5.97 Å². The summed E-state index contributed by atoms with van der Waals surface area (Å²) in [6.45, 7) is 3.01. The number of methoxy groups -OCH3 is 1. The van der Waals surface area contributed by atoms with Crippen LogP contribution in [0.5, 0.6) is 0 Å². The van der Waals surface area contributed by atoms with Gasteiger partial charge in [0.15, 0.2) is 0 Å². The number of rotatable bonds is 3. The van der Waals surface area contributed by atoms with E-state index in [-0.39, 0.29) is 18.7 Å². The number of amides is 1. The molecule has 92 valence electrons. The van der Waals surface area contributed by atoms with Gasteiger partial charge in [0.05, 0.1) is 24.7 Å². The van der Waals surface area contributed by atoms with Crippen molar-refractivity contribution in [3.8, 4) is 0 Å². The fourth-order valence-corrected chi connectivity index (χ4v) is 3.66. The van der Waals surface area contributed by atoms with Crippen molar-refractivity contribution < 1.29 is 22.7 Å². The van der Waals surface area contributed by atoms with Crippen molar-refractivity contribution in [3.05, 3.63) is 0 Å². The van der Waals surface area contributed by atoms with Crippen molar-refractivity contribution in [3.63, 3.8) is 0 Å². The van der Waals surface area contributed by atoms with Crippen LogP contribution in [0.25, 0.3) is 0 Å². The normalized spacial score (nSPS) is 22.2. The smallest absolute Gasteiger partial charge is 0.307 e. The van der Waals surface area contributed by atoms with Crippen molar-refractivity contribution in [1.29, 1.82) is 0 Å². The number of carbonyl (C=O) groups is 2. The molecule has 0 radical (unpaired) electrons. The molecule has 1 fully saturated rings. The molecule has 0 aromatic rings. The molecule has 1 aliphatic heterocycles. The van der Waals surface area contributed by atoms with Crippen LogP contribution in [0.2, 0.25) is 0 Å². The molecule has 0 aliphatic carbocycles. The van der Waals surface area contributed by atoms with Gasteiger partial charge in [-0.25, -0.2) is 12.7 Å². The molecule has 16 heavy (non-hydrogen) atoms. The Morgan fingerprint density at radius 3 is 2.44 bits per heavy atom. The Bertz CT molecular complexity index is 412. The highest BCUT2D eigenvalue weighted by molar-refractivity contribution is 7.90. The van der Waals surface area contributed by atoms with E-state index in [2.05, 4.69) is 4.74 Å². The molecule has 0 unspecified atom stereocenters. The number of esters is 1. The van der Waals surface area contributed by atoms with Gasteiger partial charge in [-0.2, -0.15) is 0 Å². The topological polar surface area (TPSA) is 80.8 Å². The largest absolute Gasteiger partial charge is 0.469 e. The Morgan fingerprint density at radius 2 is 2.06 bits per heavy atom. The monoisotopic (exact) mass is 249 g/mol. The van der Waals surface area contributed by atoms with Gasteiger partial charge < -0.3 is 4.74 Å². The second-order valence-electron chi connectivity index (χ2n) is 4.34. The van der Waals surface area contributed by atoms with E-state index in [1.165, 1.54) is 7.11 Å². The summed E-state index contributed by atoms with van der Waals surface area (Å²) >= 11 is 0. The fraction of sp³-hybridized carbons (Fsp3) is 0.778. The second kappa shape index (κ2) is 4.04. The molecule has 6 nitrogen and oxygen atoms in total. The number of hydrogen-bond donors (Lipinski definition) is 0. The Labute approximate surface area is 94.6 Å². The highest BCUT2D eigenvalue weighted by Crippen LogP contribution is 2.31. The van der Waals surface area contributed by atoms with Gasteiger partial charge in [0, 0.05) is 6.54 Å². The molecular weight excluding hydrogens is 234 g/mol. The van der Waals surface area contributed by atoms with Crippen LogP contribution in [0.1, 0.15) is 20.3 Å². The van der Waals surface area contributed by atoms with E-state index in [9.17, 15) is 18.0 Å². The predicted octanol–water partition coefficient (Wildman–Crippen LogP) is -0.252. The molecule has 0 bridgehead atoms. The zero-order valence-corrected chi connectivity index (χ0v) is 10.3. The molecule has 0 N–H and O–H groups in total. The highest BCUT2D eigenvalue weighted by atomic mass is 32.2. The van der Waals surface area contributed by atoms with Crippen LogP contribution in [-0.4, -0.2) is 44.0 Å². The minimum atomic E-state index is -3.57. The summed E-state index contributed by atoms with van der Waals surface area (Å²) in [5.74, 6) is -1.20. The lowest BCUT2D eigenvalue weighted by atomic mass is 9.95.